The first-order valence-corrected chi connectivity index (χ1v) is 6.78. The largest absolute Gasteiger partial charge is 0.491 e. The second-order valence-corrected chi connectivity index (χ2v) is 5.19. The maximum Gasteiger partial charge on any atom is 0.330 e. The lowest BCUT2D eigenvalue weighted by molar-refractivity contribution is 0.310. The van der Waals surface area contributed by atoms with E-state index >= 15 is 0 Å². The van der Waals surface area contributed by atoms with E-state index in [4.69, 9.17) is 4.74 Å². The van der Waals surface area contributed by atoms with Crippen LogP contribution >= 0.6 is 0 Å². The van der Waals surface area contributed by atoms with E-state index < -0.39 is 0 Å². The zero-order valence-corrected chi connectivity index (χ0v) is 12.0. The molecule has 1 aromatic heterocycles. The molecule has 0 radical (unpaired) electrons. The van der Waals surface area contributed by atoms with Crippen LogP contribution in [-0.4, -0.2) is 15.7 Å². The standard InChI is InChI=1S/C15H17N3O3/c1-17-8-10(14(19)18(2)15(17)20)7-16-12-9-21-13-6-4-3-5-11(12)13/h3-6,8,12,16H,7,9H2,1-2H3/t12-/m1/s1. The number of hydrogen-bond donors (Lipinski definition) is 1. The van der Waals surface area contributed by atoms with E-state index in [1.54, 1.807) is 13.2 Å². The fraction of sp³-hybridized carbons (Fsp3) is 0.333. The Labute approximate surface area is 121 Å². The number of aryl methyl sites for hydroxylation is 1. The molecule has 0 saturated heterocycles. The number of ether oxygens (including phenoxy) is 1. The fourth-order valence-corrected chi connectivity index (χ4v) is 2.57. The summed E-state index contributed by atoms with van der Waals surface area (Å²) in [6.07, 6.45) is 1.58. The van der Waals surface area contributed by atoms with Crippen molar-refractivity contribution in [2.24, 2.45) is 14.1 Å². The predicted molar refractivity (Wildman–Crippen MR) is 78.4 cm³/mol. The molecule has 21 heavy (non-hydrogen) atoms. The van der Waals surface area contributed by atoms with Gasteiger partial charge in [-0.1, -0.05) is 18.2 Å². The van der Waals surface area contributed by atoms with Gasteiger partial charge >= 0.3 is 5.69 Å². The lowest BCUT2D eigenvalue weighted by Crippen LogP contribution is -2.39. The SMILES string of the molecule is Cn1cc(CN[C@@H]2COc3ccccc32)c(=O)n(C)c1=O. The molecule has 2 aromatic rings. The van der Waals surface area contributed by atoms with Gasteiger partial charge in [-0.15, -0.1) is 0 Å². The van der Waals surface area contributed by atoms with Crippen LogP contribution in [0, 0.1) is 0 Å². The topological polar surface area (TPSA) is 65.3 Å². The molecule has 0 saturated carbocycles. The summed E-state index contributed by atoms with van der Waals surface area (Å²) >= 11 is 0. The van der Waals surface area contributed by atoms with Crippen molar-refractivity contribution in [2.45, 2.75) is 12.6 Å². The van der Waals surface area contributed by atoms with E-state index in [-0.39, 0.29) is 17.3 Å². The van der Waals surface area contributed by atoms with E-state index in [1.807, 2.05) is 24.3 Å². The smallest absolute Gasteiger partial charge is 0.330 e. The number of hydrogen-bond acceptors (Lipinski definition) is 4. The van der Waals surface area contributed by atoms with E-state index in [0.29, 0.717) is 18.7 Å². The van der Waals surface area contributed by atoms with E-state index in [9.17, 15) is 9.59 Å². The minimum absolute atomic E-state index is 0.0585. The summed E-state index contributed by atoms with van der Waals surface area (Å²) in [6.45, 7) is 0.939. The van der Waals surface area contributed by atoms with Gasteiger partial charge in [-0.05, 0) is 6.07 Å². The van der Waals surface area contributed by atoms with Crippen molar-refractivity contribution >= 4 is 0 Å². The van der Waals surface area contributed by atoms with Crippen molar-refractivity contribution in [1.29, 1.82) is 0 Å². The summed E-state index contributed by atoms with van der Waals surface area (Å²) < 4.78 is 8.13. The van der Waals surface area contributed by atoms with Gasteiger partial charge in [0.25, 0.3) is 5.56 Å². The molecule has 0 fully saturated rings. The number of aromatic nitrogens is 2. The molecule has 1 aliphatic rings. The Kier molecular flexibility index (Phi) is 3.39. The van der Waals surface area contributed by atoms with Gasteiger partial charge in [-0.3, -0.25) is 9.36 Å². The minimum Gasteiger partial charge on any atom is -0.491 e. The molecule has 0 aliphatic carbocycles. The van der Waals surface area contributed by atoms with Gasteiger partial charge in [0, 0.05) is 38.0 Å². The summed E-state index contributed by atoms with van der Waals surface area (Å²) in [5, 5.41) is 3.32. The zero-order valence-electron chi connectivity index (χ0n) is 12.0. The predicted octanol–water partition coefficient (Wildman–Crippen LogP) is 0.307. The third kappa shape index (κ3) is 2.38. The molecule has 6 nitrogen and oxygen atoms in total. The number of para-hydroxylation sites is 1. The molecule has 0 bridgehead atoms. The van der Waals surface area contributed by atoms with E-state index in [0.717, 1.165) is 15.9 Å². The van der Waals surface area contributed by atoms with Crippen molar-refractivity contribution in [3.63, 3.8) is 0 Å². The van der Waals surface area contributed by atoms with Crippen LogP contribution in [0.3, 0.4) is 0 Å². The molecule has 2 heterocycles. The van der Waals surface area contributed by atoms with Gasteiger partial charge in [0.15, 0.2) is 0 Å². The highest BCUT2D eigenvalue weighted by atomic mass is 16.5. The van der Waals surface area contributed by atoms with Gasteiger partial charge < -0.3 is 14.6 Å². The minimum atomic E-state index is -0.321. The Balaban J connectivity index is 1.81. The van der Waals surface area contributed by atoms with Gasteiger partial charge in [-0.25, -0.2) is 4.79 Å². The average molecular weight is 287 g/mol. The number of nitrogens with zero attached hydrogens (tertiary/aromatic N) is 2. The Hall–Kier alpha value is -2.34. The molecule has 0 unspecified atom stereocenters. The van der Waals surface area contributed by atoms with Crippen LogP contribution in [0.25, 0.3) is 0 Å². The molecule has 110 valence electrons. The summed E-state index contributed by atoms with van der Waals surface area (Å²) in [5.74, 6) is 0.878. The summed E-state index contributed by atoms with van der Waals surface area (Å²) in [7, 11) is 3.13. The Morgan fingerprint density at radius 2 is 2.05 bits per heavy atom. The quantitative estimate of drug-likeness (QED) is 0.882. The van der Waals surface area contributed by atoms with Crippen LogP contribution in [0.15, 0.2) is 40.1 Å². The third-order valence-corrected chi connectivity index (χ3v) is 3.76. The maximum absolute atomic E-state index is 12.1. The van der Waals surface area contributed by atoms with Crippen molar-refractivity contribution < 1.29 is 4.74 Å². The lowest BCUT2D eigenvalue weighted by atomic mass is 10.1. The first-order chi connectivity index (χ1) is 10.1. The second kappa shape index (κ2) is 5.21. The van der Waals surface area contributed by atoms with Crippen LogP contribution in [0.4, 0.5) is 0 Å². The molecule has 6 heteroatoms. The fourth-order valence-electron chi connectivity index (χ4n) is 2.57. The first-order valence-electron chi connectivity index (χ1n) is 6.78. The average Bonchev–Trinajstić information content (AvgIpc) is 2.91. The molecule has 0 spiro atoms. The Morgan fingerprint density at radius 3 is 2.86 bits per heavy atom. The van der Waals surface area contributed by atoms with Gasteiger partial charge in [0.1, 0.15) is 12.4 Å². The van der Waals surface area contributed by atoms with Crippen LogP contribution in [0.2, 0.25) is 0 Å². The molecule has 0 amide bonds. The number of fused-ring (bicyclic) bond motifs is 1. The number of nitrogens with one attached hydrogen (secondary N) is 1. The summed E-state index contributed by atoms with van der Waals surface area (Å²) in [6, 6.07) is 7.90. The first kappa shape index (κ1) is 13.6. The molecular weight excluding hydrogens is 270 g/mol. The Morgan fingerprint density at radius 1 is 1.29 bits per heavy atom. The van der Waals surface area contributed by atoms with Crippen molar-refractivity contribution in [3.8, 4) is 5.75 Å². The van der Waals surface area contributed by atoms with Crippen LogP contribution in [0.5, 0.6) is 5.75 Å². The van der Waals surface area contributed by atoms with Crippen molar-refractivity contribution in [2.75, 3.05) is 6.61 Å². The van der Waals surface area contributed by atoms with Crippen LogP contribution < -0.4 is 21.3 Å². The van der Waals surface area contributed by atoms with Gasteiger partial charge in [-0.2, -0.15) is 0 Å². The summed E-state index contributed by atoms with van der Waals surface area (Å²) in [4.78, 5) is 23.7. The van der Waals surface area contributed by atoms with Crippen LogP contribution in [0.1, 0.15) is 17.2 Å². The monoisotopic (exact) mass is 287 g/mol. The summed E-state index contributed by atoms with van der Waals surface area (Å²) in [5.41, 5.74) is 1.07. The third-order valence-electron chi connectivity index (χ3n) is 3.76. The molecule has 1 N–H and O–H groups in total. The molecular formula is C15H17N3O3. The van der Waals surface area contributed by atoms with E-state index in [2.05, 4.69) is 5.32 Å². The molecule has 3 rings (SSSR count). The maximum atomic E-state index is 12.1. The highest BCUT2D eigenvalue weighted by Crippen LogP contribution is 2.31. The van der Waals surface area contributed by atoms with E-state index in [1.165, 1.54) is 11.6 Å². The van der Waals surface area contributed by atoms with Gasteiger partial charge in [0.2, 0.25) is 0 Å². The number of benzene rings is 1. The van der Waals surface area contributed by atoms with Crippen LogP contribution in [-0.2, 0) is 20.6 Å². The molecule has 1 atom stereocenters. The highest BCUT2D eigenvalue weighted by Gasteiger charge is 2.23. The van der Waals surface area contributed by atoms with Crippen molar-refractivity contribution in [1.82, 2.24) is 14.5 Å². The lowest BCUT2D eigenvalue weighted by Gasteiger charge is -2.12. The molecule has 1 aliphatic heterocycles. The highest BCUT2D eigenvalue weighted by molar-refractivity contribution is 5.39. The molecule has 1 aromatic carbocycles. The van der Waals surface area contributed by atoms with Crippen molar-refractivity contribution in [3.05, 3.63) is 62.4 Å². The number of rotatable bonds is 3. The second-order valence-electron chi connectivity index (χ2n) is 5.19. The Bertz CT molecular complexity index is 791. The zero-order chi connectivity index (χ0) is 15.0. The normalized spacial score (nSPS) is 16.6. The van der Waals surface area contributed by atoms with Gasteiger partial charge in [0.05, 0.1) is 6.04 Å².